The quantitative estimate of drug-likeness (QED) is 0.0195. The van der Waals surface area contributed by atoms with E-state index in [0.29, 0.717) is 17.4 Å². The summed E-state index contributed by atoms with van der Waals surface area (Å²) in [5.74, 6) is -2.30. The second kappa shape index (κ2) is 51.3. The zero-order valence-corrected chi connectivity index (χ0v) is 45.4. The lowest BCUT2D eigenvalue weighted by Crippen LogP contribution is -2.44. The van der Waals surface area contributed by atoms with Crippen molar-refractivity contribution in [1.82, 2.24) is 0 Å². The normalized spacial score (nSPS) is 13.2. The monoisotopic (exact) mass is 970 g/mol. The van der Waals surface area contributed by atoms with Gasteiger partial charge in [0.1, 0.15) is 13.2 Å². The number of carboxylic acids is 1. The number of carbonyl (C=O) groups excluding carboxylic acids is 3. The Balaban J connectivity index is 4.20. The molecule has 0 radical (unpaired) electrons. The third-order valence-corrected chi connectivity index (χ3v) is 12.2. The number of ether oxygens (including phenoxy) is 4. The smallest absolute Gasteiger partial charge is 0.306 e. The Hall–Kier alpha value is -3.01. The second-order valence-corrected chi connectivity index (χ2v) is 20.2. The molecule has 0 aromatic rings. The maximum atomic E-state index is 12.8. The second-order valence-electron chi connectivity index (χ2n) is 20.2. The number of carboxylic acid groups (broad SMARTS) is 1. The zero-order valence-electron chi connectivity index (χ0n) is 45.4. The predicted molar refractivity (Wildman–Crippen MR) is 288 cm³/mol. The zero-order chi connectivity index (χ0) is 50.6. The summed E-state index contributed by atoms with van der Waals surface area (Å²) in [6, 6.07) is 0. The number of esters is 2. The Morgan fingerprint density at radius 2 is 0.783 bits per heavy atom. The van der Waals surface area contributed by atoms with Gasteiger partial charge in [0.25, 0.3) is 0 Å². The van der Waals surface area contributed by atoms with E-state index in [9.17, 15) is 19.5 Å². The fourth-order valence-electron chi connectivity index (χ4n) is 7.81. The van der Waals surface area contributed by atoms with Crippen LogP contribution in [0.15, 0.2) is 60.8 Å². The van der Waals surface area contributed by atoms with E-state index in [1.807, 2.05) is 21.1 Å². The molecule has 0 aliphatic carbocycles. The maximum Gasteiger partial charge on any atom is 0.306 e. The van der Waals surface area contributed by atoms with Crippen molar-refractivity contribution in [2.75, 3.05) is 47.5 Å². The Bertz CT molecular complexity index is 1310. The van der Waals surface area contributed by atoms with Crippen LogP contribution in [0.2, 0.25) is 0 Å². The van der Waals surface area contributed by atoms with Crippen LogP contribution in [0.1, 0.15) is 245 Å². The molecular formula is C60H107NO8. The number of rotatable bonds is 52. The fraction of sp³-hybridized carbons (Fsp3) is 0.783. The van der Waals surface area contributed by atoms with Crippen LogP contribution in [0.5, 0.6) is 0 Å². The van der Waals surface area contributed by atoms with Gasteiger partial charge in [-0.25, -0.2) is 0 Å². The molecule has 69 heavy (non-hydrogen) atoms. The first kappa shape index (κ1) is 66.0. The molecule has 2 unspecified atom stereocenters. The van der Waals surface area contributed by atoms with Crippen LogP contribution in [0.25, 0.3) is 0 Å². The summed E-state index contributed by atoms with van der Waals surface area (Å²) in [6.07, 6.45) is 61.2. The van der Waals surface area contributed by atoms with E-state index in [1.54, 1.807) is 0 Å². The maximum absolute atomic E-state index is 12.8. The van der Waals surface area contributed by atoms with Gasteiger partial charge in [-0.3, -0.25) is 9.59 Å². The molecule has 9 heteroatoms. The summed E-state index contributed by atoms with van der Waals surface area (Å²) >= 11 is 0. The van der Waals surface area contributed by atoms with E-state index in [1.165, 1.54) is 135 Å². The molecule has 0 amide bonds. The third-order valence-electron chi connectivity index (χ3n) is 12.2. The van der Waals surface area contributed by atoms with E-state index in [0.717, 1.165) is 77.0 Å². The predicted octanol–water partition coefficient (Wildman–Crippen LogP) is 15.1. The van der Waals surface area contributed by atoms with Crippen LogP contribution in [0, 0.1) is 0 Å². The van der Waals surface area contributed by atoms with E-state index in [2.05, 4.69) is 74.6 Å². The summed E-state index contributed by atoms with van der Waals surface area (Å²) in [7, 11) is 5.91. The van der Waals surface area contributed by atoms with Gasteiger partial charge in [-0.05, 0) is 83.5 Å². The molecule has 0 aromatic heterocycles. The Morgan fingerprint density at radius 3 is 1.19 bits per heavy atom. The molecule has 0 saturated carbocycles. The molecule has 0 aliphatic heterocycles. The SMILES string of the molecule is CCCCC/C=C\C/C=C\CCCCCCCC(=O)OCC(COC(OCC[N+](C)(C)C)C(=O)[O-])OC(=O)CCCCCCCCCCCCCCCC/C=C\C/C=C\C/C=C\CCCCCCC. The highest BCUT2D eigenvalue weighted by Gasteiger charge is 2.22. The standard InChI is InChI=1S/C60H107NO8/c1-6-8-10-12-14-16-18-20-22-23-24-25-26-27-28-29-30-31-32-33-34-35-37-39-41-43-45-47-49-51-58(63)69-56(55-68-60(59(64)65)66-53-52-61(3,4)5)54-67-57(62)50-48-46-44-42-40-38-36-21-19-17-15-13-11-9-7-2/h15,17-18,20-21,23-24,26-27,36,56,60H,6-14,16,19,22,25,28-35,37-55H2,1-5H3/b17-15-,20-18-,24-23-,27-26-,36-21-. The van der Waals surface area contributed by atoms with E-state index in [4.69, 9.17) is 18.9 Å². The van der Waals surface area contributed by atoms with Gasteiger partial charge in [-0.15, -0.1) is 0 Å². The van der Waals surface area contributed by atoms with Gasteiger partial charge in [-0.2, -0.15) is 0 Å². The summed E-state index contributed by atoms with van der Waals surface area (Å²) in [5, 5.41) is 11.8. The summed E-state index contributed by atoms with van der Waals surface area (Å²) in [4.78, 5) is 37.2. The highest BCUT2D eigenvalue weighted by molar-refractivity contribution is 5.70. The van der Waals surface area contributed by atoms with Crippen molar-refractivity contribution in [2.24, 2.45) is 0 Å². The number of allylic oxidation sites excluding steroid dienone is 10. The third kappa shape index (κ3) is 52.6. The number of carbonyl (C=O) groups is 3. The van der Waals surface area contributed by atoms with Crippen LogP contribution >= 0.6 is 0 Å². The number of aliphatic carboxylic acids is 1. The molecule has 2 atom stereocenters. The van der Waals surface area contributed by atoms with Gasteiger partial charge >= 0.3 is 11.9 Å². The number of unbranched alkanes of at least 4 members (excludes halogenated alkanes) is 27. The van der Waals surface area contributed by atoms with Crippen LogP contribution in [-0.2, 0) is 33.3 Å². The van der Waals surface area contributed by atoms with Gasteiger partial charge in [0, 0.05) is 12.8 Å². The van der Waals surface area contributed by atoms with Crippen molar-refractivity contribution in [1.29, 1.82) is 0 Å². The summed E-state index contributed by atoms with van der Waals surface area (Å²) in [5.41, 5.74) is 0. The molecule has 0 aliphatic rings. The van der Waals surface area contributed by atoms with E-state index >= 15 is 0 Å². The summed E-state index contributed by atoms with van der Waals surface area (Å²) < 4.78 is 22.7. The Morgan fingerprint density at radius 1 is 0.435 bits per heavy atom. The van der Waals surface area contributed by atoms with Crippen molar-refractivity contribution < 1.29 is 42.9 Å². The number of quaternary nitrogens is 1. The number of nitrogens with zero attached hydrogens (tertiary/aromatic N) is 1. The van der Waals surface area contributed by atoms with Crippen molar-refractivity contribution in [3.05, 3.63) is 60.8 Å². The van der Waals surface area contributed by atoms with Crippen LogP contribution in [0.3, 0.4) is 0 Å². The Kier molecular flexibility index (Phi) is 49.1. The van der Waals surface area contributed by atoms with Crippen molar-refractivity contribution >= 4 is 17.9 Å². The Labute approximate surface area is 425 Å². The number of hydrogen-bond donors (Lipinski definition) is 0. The minimum Gasteiger partial charge on any atom is -0.545 e. The van der Waals surface area contributed by atoms with Crippen molar-refractivity contribution in [2.45, 2.75) is 257 Å². The molecule has 0 fully saturated rings. The van der Waals surface area contributed by atoms with Crippen LogP contribution < -0.4 is 5.11 Å². The van der Waals surface area contributed by atoms with Crippen molar-refractivity contribution in [3.8, 4) is 0 Å². The van der Waals surface area contributed by atoms with E-state index in [-0.39, 0.29) is 38.6 Å². The van der Waals surface area contributed by atoms with Gasteiger partial charge < -0.3 is 33.3 Å². The molecule has 0 spiro atoms. The number of likely N-dealkylation sites (N-methyl/N-ethyl adjacent to an activating group) is 1. The molecule has 0 aromatic carbocycles. The van der Waals surface area contributed by atoms with Gasteiger partial charge in [0.15, 0.2) is 12.4 Å². The molecule has 9 nitrogen and oxygen atoms in total. The molecule has 0 heterocycles. The molecule has 400 valence electrons. The lowest BCUT2D eigenvalue weighted by Gasteiger charge is -2.26. The summed E-state index contributed by atoms with van der Waals surface area (Å²) in [6.45, 7) is 4.70. The molecule has 0 N–H and O–H groups in total. The van der Waals surface area contributed by atoms with Crippen molar-refractivity contribution in [3.63, 3.8) is 0 Å². The first-order valence-corrected chi connectivity index (χ1v) is 28.4. The first-order chi connectivity index (χ1) is 33.6. The average molecular weight is 971 g/mol. The van der Waals surface area contributed by atoms with Crippen LogP contribution in [0.4, 0.5) is 0 Å². The fourth-order valence-corrected chi connectivity index (χ4v) is 7.81. The number of hydrogen-bond acceptors (Lipinski definition) is 8. The largest absolute Gasteiger partial charge is 0.545 e. The molecular weight excluding hydrogens is 863 g/mol. The highest BCUT2D eigenvalue weighted by Crippen LogP contribution is 2.16. The van der Waals surface area contributed by atoms with E-state index < -0.39 is 24.3 Å². The molecule has 0 bridgehead atoms. The average Bonchev–Trinajstić information content (AvgIpc) is 3.31. The van der Waals surface area contributed by atoms with Gasteiger partial charge in [0.2, 0.25) is 0 Å². The molecule has 0 rings (SSSR count). The highest BCUT2D eigenvalue weighted by atomic mass is 16.7. The minimum absolute atomic E-state index is 0.144. The lowest BCUT2D eigenvalue weighted by atomic mass is 10.0. The minimum atomic E-state index is -1.63. The molecule has 0 saturated heterocycles. The first-order valence-electron chi connectivity index (χ1n) is 28.4. The van der Waals surface area contributed by atoms with Crippen LogP contribution in [-0.4, -0.2) is 82.3 Å². The topological polar surface area (TPSA) is 111 Å². The van der Waals surface area contributed by atoms with Gasteiger partial charge in [-0.1, -0.05) is 209 Å². The van der Waals surface area contributed by atoms with Gasteiger partial charge in [0.05, 0.1) is 40.3 Å². The lowest BCUT2D eigenvalue weighted by molar-refractivity contribution is -0.870.